The molecule has 5 rings (SSSR count). The van der Waals surface area contributed by atoms with Crippen molar-refractivity contribution in [1.82, 2.24) is 19.4 Å². The van der Waals surface area contributed by atoms with Gasteiger partial charge in [-0.25, -0.2) is 22.7 Å². The van der Waals surface area contributed by atoms with E-state index in [1.54, 1.807) is 26.0 Å². The van der Waals surface area contributed by atoms with Gasteiger partial charge in [-0.15, -0.1) is 5.10 Å². The van der Waals surface area contributed by atoms with Gasteiger partial charge in [0, 0.05) is 23.5 Å². The normalized spacial score (nSPS) is 21.7. The quantitative estimate of drug-likeness (QED) is 0.516. The number of hydrogen-bond donors (Lipinski definition) is 1. The highest BCUT2D eigenvalue weighted by atomic mass is 35.5. The minimum Gasteiger partial charge on any atom is -0.391 e. The average Bonchev–Trinajstić information content (AvgIpc) is 3.46. The van der Waals surface area contributed by atoms with Crippen LogP contribution in [0.2, 0.25) is 5.02 Å². The number of aromatic amines is 1. The summed E-state index contributed by atoms with van der Waals surface area (Å²) in [6, 6.07) is 6.68. The van der Waals surface area contributed by atoms with E-state index in [0.717, 1.165) is 25.1 Å². The molecule has 0 unspecified atom stereocenters. The molecule has 3 aromatic rings. The zero-order valence-electron chi connectivity index (χ0n) is 21.0. The Morgan fingerprint density at radius 2 is 2.00 bits per heavy atom. The van der Waals surface area contributed by atoms with Crippen molar-refractivity contribution in [3.63, 3.8) is 0 Å². The third-order valence-electron chi connectivity index (χ3n) is 7.60. The number of benzene rings is 2. The first-order chi connectivity index (χ1) is 17.5. The molecule has 3 atom stereocenters. The van der Waals surface area contributed by atoms with Crippen molar-refractivity contribution >= 4 is 27.3 Å². The minimum absolute atomic E-state index is 0.0276. The second-order valence-electron chi connectivity index (χ2n) is 9.91. The van der Waals surface area contributed by atoms with E-state index in [-0.39, 0.29) is 23.5 Å². The fourth-order valence-corrected chi connectivity index (χ4v) is 7.50. The number of fused-ring (bicyclic) bond motifs is 1. The number of H-pyrrole nitrogens is 1. The summed E-state index contributed by atoms with van der Waals surface area (Å²) in [7, 11) is -2.10. The van der Waals surface area contributed by atoms with Crippen LogP contribution in [0.15, 0.2) is 44.4 Å². The lowest BCUT2D eigenvalue weighted by Gasteiger charge is -2.44. The van der Waals surface area contributed by atoms with E-state index in [1.165, 1.54) is 22.5 Å². The average molecular weight is 550 g/mol. The molecule has 12 heteroatoms. The monoisotopic (exact) mass is 549 g/mol. The summed E-state index contributed by atoms with van der Waals surface area (Å²) >= 11 is 6.30. The Kier molecular flexibility index (Phi) is 6.68. The minimum atomic E-state index is -4.12. The van der Waals surface area contributed by atoms with Crippen LogP contribution >= 0.6 is 11.6 Å². The summed E-state index contributed by atoms with van der Waals surface area (Å²) in [4.78, 5) is 16.3. The predicted octanol–water partition coefficient (Wildman–Crippen LogP) is 3.79. The molecule has 9 nitrogen and oxygen atoms in total. The molecule has 1 fully saturated rings. The van der Waals surface area contributed by atoms with Gasteiger partial charge < -0.3 is 14.2 Å². The second-order valence-corrected chi connectivity index (χ2v) is 12.2. The number of rotatable bonds is 5. The summed E-state index contributed by atoms with van der Waals surface area (Å²) in [5.41, 5.74) is 2.44. The molecule has 0 aliphatic carbocycles. The topological polar surface area (TPSA) is 103 Å². The largest absolute Gasteiger partial charge is 0.434 e. The van der Waals surface area contributed by atoms with Crippen molar-refractivity contribution in [3.05, 3.63) is 74.3 Å². The Balaban J connectivity index is 1.70. The molecule has 2 aromatic carbocycles. The van der Waals surface area contributed by atoms with Gasteiger partial charge in [0.15, 0.2) is 0 Å². The number of halogens is 2. The smallest absolute Gasteiger partial charge is 0.391 e. The van der Waals surface area contributed by atoms with Crippen molar-refractivity contribution in [3.8, 4) is 0 Å². The summed E-state index contributed by atoms with van der Waals surface area (Å²) in [5.74, 6) is -2.13. The first kappa shape index (κ1) is 25.9. The lowest BCUT2D eigenvalue weighted by Crippen LogP contribution is -2.53. The number of sulfonamides is 1. The van der Waals surface area contributed by atoms with E-state index in [1.807, 2.05) is 18.9 Å². The van der Waals surface area contributed by atoms with E-state index in [9.17, 15) is 13.2 Å². The van der Waals surface area contributed by atoms with Crippen molar-refractivity contribution in [1.29, 1.82) is 0 Å². The third kappa shape index (κ3) is 4.47. The summed E-state index contributed by atoms with van der Waals surface area (Å²) in [5, 5.41) is 6.68. The highest BCUT2D eigenvalue weighted by Gasteiger charge is 2.47. The Morgan fingerprint density at radius 3 is 2.65 bits per heavy atom. The van der Waals surface area contributed by atoms with E-state index in [4.69, 9.17) is 16.0 Å². The molecule has 1 saturated heterocycles. The molecule has 0 spiro atoms. The van der Waals surface area contributed by atoms with Crippen LogP contribution in [0.1, 0.15) is 47.9 Å². The van der Waals surface area contributed by atoms with Gasteiger partial charge in [-0.2, -0.15) is 4.31 Å². The zero-order chi connectivity index (χ0) is 26.6. The number of likely N-dealkylation sites (N-methyl/N-ethyl adjacent to an activating group) is 1. The van der Waals surface area contributed by atoms with Crippen molar-refractivity contribution < 1.29 is 17.2 Å². The molecule has 0 bridgehead atoms. The lowest BCUT2D eigenvalue weighted by molar-refractivity contribution is 0.229. The van der Waals surface area contributed by atoms with Crippen LogP contribution in [-0.4, -0.2) is 60.7 Å². The maximum Gasteiger partial charge on any atom is 0.434 e. The third-order valence-corrected chi connectivity index (χ3v) is 9.69. The van der Waals surface area contributed by atoms with Crippen LogP contribution in [0.4, 0.5) is 10.1 Å². The van der Waals surface area contributed by atoms with Crippen LogP contribution in [0.3, 0.4) is 0 Å². The highest BCUT2D eigenvalue weighted by Crippen LogP contribution is 2.45. The fourth-order valence-electron chi connectivity index (χ4n) is 5.55. The maximum atomic E-state index is 15.3. The molecule has 0 radical (unpaired) electrons. The second kappa shape index (κ2) is 9.54. The Hall–Kier alpha value is -2.73. The first-order valence-corrected chi connectivity index (χ1v) is 13.9. The summed E-state index contributed by atoms with van der Waals surface area (Å²) in [6.45, 7) is 6.96. The summed E-state index contributed by atoms with van der Waals surface area (Å²) in [6.07, 6.45) is 0.833. The molecule has 3 heterocycles. The molecule has 198 valence electrons. The molecule has 2 aliphatic heterocycles. The van der Waals surface area contributed by atoms with Crippen molar-refractivity contribution in [2.45, 2.75) is 50.1 Å². The Morgan fingerprint density at radius 1 is 1.24 bits per heavy atom. The van der Waals surface area contributed by atoms with E-state index in [2.05, 4.69) is 15.1 Å². The van der Waals surface area contributed by atoms with Gasteiger partial charge >= 0.3 is 5.76 Å². The van der Waals surface area contributed by atoms with Gasteiger partial charge in [-0.1, -0.05) is 24.6 Å². The van der Waals surface area contributed by atoms with Crippen LogP contribution in [0, 0.1) is 19.7 Å². The number of aromatic nitrogens is 2. The van der Waals surface area contributed by atoms with Gasteiger partial charge in [-0.05, 0) is 74.8 Å². The molecule has 2 aliphatic rings. The van der Waals surface area contributed by atoms with E-state index >= 15 is 4.39 Å². The molecule has 1 aromatic heterocycles. The van der Waals surface area contributed by atoms with Gasteiger partial charge in [0.05, 0.1) is 12.4 Å². The van der Waals surface area contributed by atoms with E-state index in [0.29, 0.717) is 21.8 Å². The highest BCUT2D eigenvalue weighted by molar-refractivity contribution is 7.89. The van der Waals surface area contributed by atoms with E-state index < -0.39 is 33.6 Å². The van der Waals surface area contributed by atoms with Crippen molar-refractivity contribution in [2.75, 3.05) is 31.7 Å². The van der Waals surface area contributed by atoms with Crippen LogP contribution < -0.4 is 10.7 Å². The maximum absolute atomic E-state index is 15.3. The molecule has 37 heavy (non-hydrogen) atoms. The Labute approximate surface area is 219 Å². The molecule has 0 amide bonds. The van der Waals surface area contributed by atoms with Gasteiger partial charge in [0.2, 0.25) is 15.9 Å². The van der Waals surface area contributed by atoms with Gasteiger partial charge in [0.25, 0.3) is 0 Å². The molecule has 0 saturated carbocycles. The van der Waals surface area contributed by atoms with Crippen LogP contribution in [0.5, 0.6) is 0 Å². The fraction of sp³-hybridized carbons (Fsp3) is 0.440. The number of aryl methyl sites for hydroxylation is 1. The van der Waals surface area contributed by atoms with Gasteiger partial charge in [-0.3, -0.25) is 0 Å². The standard InChI is InChI=1S/C25H29ClFN5O4S/c1-14-5-7-19(27)22(15(14)2)16(3)23(24-28-29-25(33)36-24)32-13-31(18-9-10-30(4)12-18)20-11-17(26)6-8-21(20)37(32,34)35/h5-8,11,16,18,23H,9-10,12-13H2,1-4H3,(H,29,33)/t16-,18-,23+/m1/s1. The van der Waals surface area contributed by atoms with Crippen LogP contribution in [0.25, 0.3) is 0 Å². The molecular weight excluding hydrogens is 521 g/mol. The number of likely N-dealkylation sites (tertiary alicyclic amines) is 1. The lowest BCUT2D eigenvalue weighted by atomic mass is 9.87. The predicted molar refractivity (Wildman–Crippen MR) is 138 cm³/mol. The number of hydrogen-bond acceptors (Lipinski definition) is 7. The zero-order valence-corrected chi connectivity index (χ0v) is 22.6. The number of anilines is 1. The Bertz CT molecular complexity index is 1510. The SMILES string of the molecule is Cc1ccc(F)c([C@@H](C)[C@@H](c2n[nH]c(=O)o2)N2CN([C@@H]3CCN(C)C3)c3cc(Cl)ccc3S2(=O)=O)c1C. The van der Waals surface area contributed by atoms with Crippen molar-refractivity contribution in [2.24, 2.45) is 0 Å². The summed E-state index contributed by atoms with van der Waals surface area (Å²) < 4.78 is 50.1. The molecule has 1 N–H and O–H groups in total. The molecular formula is C25H29ClFN5O4S. The van der Waals surface area contributed by atoms with Gasteiger partial charge in [0.1, 0.15) is 16.8 Å². The van der Waals surface area contributed by atoms with Crippen LogP contribution in [-0.2, 0) is 10.0 Å². The number of nitrogens with one attached hydrogen (secondary N) is 1. The first-order valence-electron chi connectivity index (χ1n) is 12.1. The number of nitrogens with zero attached hydrogens (tertiary/aromatic N) is 4.